The molecular weight excluding hydrogens is 342 g/mol. The summed E-state index contributed by atoms with van der Waals surface area (Å²) in [5, 5.41) is 3.22. The molecule has 1 amide bonds. The average Bonchev–Trinajstić information content (AvgIpc) is 2.50. The fourth-order valence-corrected chi connectivity index (χ4v) is 2.34. The van der Waals surface area contributed by atoms with E-state index in [1.165, 1.54) is 24.3 Å². The van der Waals surface area contributed by atoms with Gasteiger partial charge in [0.2, 0.25) is 5.91 Å². The van der Waals surface area contributed by atoms with Gasteiger partial charge in [-0.05, 0) is 30.7 Å². The van der Waals surface area contributed by atoms with Crippen molar-refractivity contribution in [2.45, 2.75) is 12.8 Å². The first-order valence-corrected chi connectivity index (χ1v) is 7.64. The highest BCUT2D eigenvalue weighted by atomic mass is 35.5. The summed E-state index contributed by atoms with van der Waals surface area (Å²) in [5.74, 6) is -0.479. The number of amides is 1. The van der Waals surface area contributed by atoms with Crippen LogP contribution >= 0.6 is 23.2 Å². The molecule has 0 saturated carbocycles. The summed E-state index contributed by atoms with van der Waals surface area (Å²) in [7, 11) is 0. The number of carbonyl (C=O) groups is 1. The van der Waals surface area contributed by atoms with E-state index in [0.29, 0.717) is 12.1 Å². The molecule has 0 spiro atoms. The fraction of sp³-hybridized carbons (Fsp3) is 0.188. The molecule has 3 N–H and O–H groups in total. The Morgan fingerprint density at radius 1 is 1.22 bits per heavy atom. The topological polar surface area (TPSA) is 64.3 Å². The zero-order valence-electron chi connectivity index (χ0n) is 12.1. The van der Waals surface area contributed by atoms with Crippen molar-refractivity contribution in [3.05, 3.63) is 52.3 Å². The van der Waals surface area contributed by atoms with Crippen LogP contribution in [0.5, 0.6) is 5.75 Å². The molecule has 0 atom stereocenters. The lowest BCUT2D eigenvalue weighted by molar-refractivity contribution is -0.116. The van der Waals surface area contributed by atoms with Gasteiger partial charge >= 0.3 is 0 Å². The molecule has 0 unspecified atom stereocenters. The maximum Gasteiger partial charge on any atom is 0.224 e. The van der Waals surface area contributed by atoms with Crippen LogP contribution in [0.4, 0.5) is 15.8 Å². The number of benzene rings is 2. The van der Waals surface area contributed by atoms with Gasteiger partial charge in [-0.15, -0.1) is 0 Å². The van der Waals surface area contributed by atoms with Crippen molar-refractivity contribution in [3.63, 3.8) is 0 Å². The Balaban J connectivity index is 1.78. The lowest BCUT2D eigenvalue weighted by Crippen LogP contribution is -2.13. The fourth-order valence-electron chi connectivity index (χ4n) is 1.86. The van der Waals surface area contributed by atoms with Gasteiger partial charge < -0.3 is 15.8 Å². The van der Waals surface area contributed by atoms with Gasteiger partial charge in [-0.25, -0.2) is 4.39 Å². The van der Waals surface area contributed by atoms with Crippen molar-refractivity contribution >= 4 is 40.5 Å². The first-order chi connectivity index (χ1) is 11.0. The van der Waals surface area contributed by atoms with Crippen LogP contribution in [0.25, 0.3) is 0 Å². The van der Waals surface area contributed by atoms with Crippen LogP contribution < -0.4 is 15.8 Å². The van der Waals surface area contributed by atoms with Crippen molar-refractivity contribution in [2.75, 3.05) is 17.7 Å². The van der Waals surface area contributed by atoms with Crippen LogP contribution in [0.1, 0.15) is 12.8 Å². The Morgan fingerprint density at radius 2 is 1.87 bits per heavy atom. The minimum atomic E-state index is -0.428. The van der Waals surface area contributed by atoms with Gasteiger partial charge in [0.25, 0.3) is 0 Å². The van der Waals surface area contributed by atoms with Crippen LogP contribution in [0, 0.1) is 5.82 Å². The highest BCUT2D eigenvalue weighted by Gasteiger charge is 2.08. The van der Waals surface area contributed by atoms with Gasteiger partial charge in [-0.3, -0.25) is 4.79 Å². The smallest absolute Gasteiger partial charge is 0.224 e. The molecule has 0 aliphatic carbocycles. The van der Waals surface area contributed by atoms with Crippen LogP contribution in [-0.2, 0) is 4.79 Å². The summed E-state index contributed by atoms with van der Waals surface area (Å²) in [4.78, 5) is 11.8. The molecule has 2 rings (SSSR count). The molecule has 2 aromatic rings. The van der Waals surface area contributed by atoms with Crippen LogP contribution in [0.2, 0.25) is 10.0 Å². The Morgan fingerprint density at radius 3 is 2.52 bits per heavy atom. The molecule has 0 heterocycles. The number of nitrogens with one attached hydrogen (secondary N) is 1. The van der Waals surface area contributed by atoms with E-state index >= 15 is 0 Å². The van der Waals surface area contributed by atoms with Crippen molar-refractivity contribution in [2.24, 2.45) is 0 Å². The summed E-state index contributed by atoms with van der Waals surface area (Å²) in [6.45, 7) is 0.234. The molecule has 23 heavy (non-hydrogen) atoms. The van der Waals surface area contributed by atoms with E-state index in [9.17, 15) is 9.18 Å². The Hall–Kier alpha value is -1.98. The van der Waals surface area contributed by atoms with E-state index in [1.807, 2.05) is 0 Å². The van der Waals surface area contributed by atoms with Crippen molar-refractivity contribution in [3.8, 4) is 5.75 Å². The highest BCUT2D eigenvalue weighted by Crippen LogP contribution is 2.31. The number of ether oxygens (including phenoxy) is 1. The second kappa shape index (κ2) is 8.04. The third kappa shape index (κ3) is 5.01. The Bertz CT molecular complexity index is 687. The minimum Gasteiger partial charge on any atom is -0.491 e. The molecular formula is C16H15Cl2FN2O2. The van der Waals surface area contributed by atoms with E-state index in [2.05, 4.69) is 5.32 Å². The van der Waals surface area contributed by atoms with Crippen LogP contribution in [0.15, 0.2) is 36.4 Å². The molecule has 0 aliphatic heterocycles. The summed E-state index contributed by atoms with van der Waals surface area (Å²) in [6.07, 6.45) is 0.657. The summed E-state index contributed by atoms with van der Waals surface area (Å²) >= 11 is 11.8. The molecule has 0 aromatic heterocycles. The lowest BCUT2D eigenvalue weighted by atomic mass is 10.2. The normalized spacial score (nSPS) is 10.4. The number of hydrogen-bond donors (Lipinski definition) is 2. The zero-order chi connectivity index (χ0) is 16.8. The first kappa shape index (κ1) is 17.4. The number of hydrogen-bond acceptors (Lipinski definition) is 3. The van der Waals surface area contributed by atoms with E-state index in [4.69, 9.17) is 33.7 Å². The van der Waals surface area contributed by atoms with Crippen LogP contribution in [-0.4, -0.2) is 12.5 Å². The number of anilines is 2. The van der Waals surface area contributed by atoms with E-state index < -0.39 is 5.82 Å². The number of nitrogen functional groups attached to an aromatic ring is 1. The average molecular weight is 357 g/mol. The first-order valence-electron chi connectivity index (χ1n) is 6.89. The van der Waals surface area contributed by atoms with Crippen LogP contribution in [0.3, 0.4) is 0 Å². The Labute approximate surface area is 143 Å². The van der Waals surface area contributed by atoms with Crippen molar-refractivity contribution in [1.29, 1.82) is 0 Å². The molecule has 0 fully saturated rings. The maximum absolute atomic E-state index is 13.3. The number of para-hydroxylation sites is 1. The molecule has 0 bridgehead atoms. The molecule has 122 valence electrons. The molecule has 0 radical (unpaired) electrons. The van der Waals surface area contributed by atoms with Gasteiger partial charge in [0.1, 0.15) is 0 Å². The highest BCUT2D eigenvalue weighted by molar-refractivity contribution is 6.39. The van der Waals surface area contributed by atoms with E-state index in [0.717, 1.165) is 0 Å². The summed E-state index contributed by atoms with van der Waals surface area (Å²) in [6, 6.07) is 9.16. The van der Waals surface area contributed by atoms with Crippen molar-refractivity contribution in [1.82, 2.24) is 0 Å². The number of halogens is 3. The largest absolute Gasteiger partial charge is 0.491 e. The molecule has 2 aromatic carbocycles. The maximum atomic E-state index is 13.3. The van der Waals surface area contributed by atoms with Crippen molar-refractivity contribution < 1.29 is 13.9 Å². The predicted molar refractivity (Wildman–Crippen MR) is 90.6 cm³/mol. The second-order valence-corrected chi connectivity index (χ2v) is 5.60. The number of nitrogens with two attached hydrogens (primary N) is 1. The lowest BCUT2D eigenvalue weighted by Gasteiger charge is -2.09. The quantitative estimate of drug-likeness (QED) is 0.591. The standard InChI is InChI=1S/C16H15Cl2FN2O2/c17-11-8-10(9-12(18)16(11)20)21-15(22)6-3-7-23-14-5-2-1-4-13(14)19/h1-2,4-5,8-9H,3,6-7,20H2,(H,21,22). The minimum absolute atomic E-state index is 0.171. The van der Waals surface area contributed by atoms with E-state index in [1.54, 1.807) is 12.1 Å². The predicted octanol–water partition coefficient (Wildman–Crippen LogP) is 4.51. The van der Waals surface area contributed by atoms with Gasteiger partial charge in [0, 0.05) is 12.1 Å². The Kier molecular flexibility index (Phi) is 6.07. The molecule has 7 heteroatoms. The molecule has 0 saturated heterocycles. The zero-order valence-corrected chi connectivity index (χ0v) is 13.6. The summed E-state index contributed by atoms with van der Waals surface area (Å²) < 4.78 is 18.6. The third-order valence-electron chi connectivity index (χ3n) is 3.01. The third-order valence-corrected chi connectivity index (χ3v) is 3.63. The summed E-state index contributed by atoms with van der Waals surface area (Å²) in [5.41, 5.74) is 6.36. The number of rotatable bonds is 6. The van der Waals surface area contributed by atoms with Gasteiger partial charge in [0.05, 0.1) is 22.3 Å². The SMILES string of the molecule is Nc1c(Cl)cc(NC(=O)CCCOc2ccccc2F)cc1Cl. The molecule has 4 nitrogen and oxygen atoms in total. The number of carbonyl (C=O) groups excluding carboxylic acids is 1. The van der Waals surface area contributed by atoms with Gasteiger partial charge in [-0.1, -0.05) is 35.3 Å². The van der Waals surface area contributed by atoms with Gasteiger partial charge in [0.15, 0.2) is 11.6 Å². The molecule has 0 aliphatic rings. The van der Waals surface area contributed by atoms with Gasteiger partial charge in [-0.2, -0.15) is 0 Å². The second-order valence-electron chi connectivity index (χ2n) is 4.78. The van der Waals surface area contributed by atoms with E-state index in [-0.39, 0.29) is 40.4 Å². The monoisotopic (exact) mass is 356 g/mol.